The zero-order valence-electron chi connectivity index (χ0n) is 13.4. The van der Waals surface area contributed by atoms with Crippen molar-refractivity contribution in [3.8, 4) is 5.75 Å². The summed E-state index contributed by atoms with van der Waals surface area (Å²) in [5.41, 5.74) is 1.77. The highest BCUT2D eigenvalue weighted by Crippen LogP contribution is 2.37. The molecule has 0 aliphatic carbocycles. The molecule has 5 heteroatoms. The zero-order valence-corrected chi connectivity index (χ0v) is 14.2. The molecule has 2 aromatic rings. The molecule has 0 aromatic heterocycles. The molecule has 4 nitrogen and oxygen atoms in total. The first-order valence-electron chi connectivity index (χ1n) is 7.75. The Bertz CT molecular complexity index is 787. The number of rotatable bonds is 4. The fourth-order valence-electron chi connectivity index (χ4n) is 3.20. The van der Waals surface area contributed by atoms with Gasteiger partial charge in [0.05, 0.1) is 18.0 Å². The second-order valence-corrected chi connectivity index (χ2v) is 7.67. The van der Waals surface area contributed by atoms with E-state index in [2.05, 4.69) is 0 Å². The Labute approximate surface area is 137 Å². The molecule has 1 fully saturated rings. The molecule has 1 unspecified atom stereocenters. The number of nitrogens with zero attached hydrogens (tertiary/aromatic N) is 1. The highest BCUT2D eigenvalue weighted by molar-refractivity contribution is 7.89. The minimum atomic E-state index is -3.51. The lowest BCUT2D eigenvalue weighted by molar-refractivity contribution is 0.395. The molecule has 122 valence electrons. The molecule has 2 aromatic carbocycles. The third-order valence-electron chi connectivity index (χ3n) is 4.36. The van der Waals surface area contributed by atoms with Gasteiger partial charge in [-0.3, -0.25) is 0 Å². The summed E-state index contributed by atoms with van der Waals surface area (Å²) in [7, 11) is -1.94. The molecule has 1 atom stereocenters. The zero-order chi connectivity index (χ0) is 16.4. The normalized spacial score (nSPS) is 19.0. The van der Waals surface area contributed by atoms with Crippen LogP contribution in [-0.2, 0) is 10.0 Å². The lowest BCUT2D eigenvalue weighted by atomic mass is 10.1. The van der Waals surface area contributed by atoms with Gasteiger partial charge in [0.25, 0.3) is 0 Å². The lowest BCUT2D eigenvalue weighted by Crippen LogP contribution is -2.31. The van der Waals surface area contributed by atoms with Gasteiger partial charge in [-0.2, -0.15) is 4.31 Å². The van der Waals surface area contributed by atoms with Crippen LogP contribution in [0, 0.1) is 6.92 Å². The van der Waals surface area contributed by atoms with Crippen molar-refractivity contribution in [3.63, 3.8) is 0 Å². The monoisotopic (exact) mass is 331 g/mol. The van der Waals surface area contributed by atoms with Crippen LogP contribution >= 0.6 is 0 Å². The number of ether oxygens (including phenoxy) is 1. The minimum absolute atomic E-state index is 0.0808. The van der Waals surface area contributed by atoms with Crippen molar-refractivity contribution in [1.29, 1.82) is 0 Å². The molecule has 1 aliphatic heterocycles. The fraction of sp³-hybridized carbons (Fsp3) is 0.333. The van der Waals surface area contributed by atoms with Crippen molar-refractivity contribution in [2.24, 2.45) is 0 Å². The van der Waals surface area contributed by atoms with Crippen molar-refractivity contribution in [1.82, 2.24) is 4.31 Å². The van der Waals surface area contributed by atoms with Gasteiger partial charge in [0, 0.05) is 6.54 Å². The summed E-state index contributed by atoms with van der Waals surface area (Å²) < 4.78 is 33.1. The van der Waals surface area contributed by atoms with E-state index in [1.54, 1.807) is 29.6 Å². The Morgan fingerprint density at radius 2 is 1.87 bits per heavy atom. The highest BCUT2D eigenvalue weighted by atomic mass is 32.2. The lowest BCUT2D eigenvalue weighted by Gasteiger charge is -2.25. The topological polar surface area (TPSA) is 46.6 Å². The molecule has 0 amide bonds. The maximum atomic E-state index is 13.1. The predicted molar refractivity (Wildman–Crippen MR) is 90.0 cm³/mol. The summed E-state index contributed by atoms with van der Waals surface area (Å²) in [6.45, 7) is 2.37. The summed E-state index contributed by atoms with van der Waals surface area (Å²) in [5, 5.41) is 0. The predicted octanol–water partition coefficient (Wildman–Crippen LogP) is 3.53. The van der Waals surface area contributed by atoms with Gasteiger partial charge in [0.1, 0.15) is 5.75 Å². The minimum Gasteiger partial charge on any atom is -0.497 e. The maximum absolute atomic E-state index is 13.1. The van der Waals surface area contributed by atoms with E-state index in [1.807, 2.05) is 37.3 Å². The first-order valence-corrected chi connectivity index (χ1v) is 9.19. The molecule has 1 saturated heterocycles. The summed E-state index contributed by atoms with van der Waals surface area (Å²) >= 11 is 0. The highest BCUT2D eigenvalue weighted by Gasteiger charge is 2.36. The van der Waals surface area contributed by atoms with E-state index in [0.717, 1.165) is 18.4 Å². The SMILES string of the molecule is COc1ccc(S(=O)(=O)N2CCCC2c2ccccc2)c(C)c1. The average molecular weight is 331 g/mol. The van der Waals surface area contributed by atoms with Gasteiger partial charge < -0.3 is 4.74 Å². The number of benzene rings is 2. The number of hydrogen-bond acceptors (Lipinski definition) is 3. The second-order valence-electron chi connectivity index (χ2n) is 5.82. The summed E-state index contributed by atoms with van der Waals surface area (Å²) in [4.78, 5) is 0.362. The molecule has 3 rings (SSSR count). The van der Waals surface area contributed by atoms with Gasteiger partial charge in [-0.25, -0.2) is 8.42 Å². The fourth-order valence-corrected chi connectivity index (χ4v) is 5.09. The van der Waals surface area contributed by atoms with Crippen molar-refractivity contribution in [3.05, 3.63) is 59.7 Å². The smallest absolute Gasteiger partial charge is 0.243 e. The molecule has 0 radical (unpaired) electrons. The van der Waals surface area contributed by atoms with E-state index in [1.165, 1.54) is 0 Å². The first kappa shape index (κ1) is 16.0. The van der Waals surface area contributed by atoms with Crippen molar-refractivity contribution in [2.75, 3.05) is 13.7 Å². The van der Waals surface area contributed by atoms with Crippen LogP contribution in [0.15, 0.2) is 53.4 Å². The molecule has 23 heavy (non-hydrogen) atoms. The largest absolute Gasteiger partial charge is 0.497 e. The third kappa shape index (κ3) is 2.99. The van der Waals surface area contributed by atoms with E-state index in [4.69, 9.17) is 4.74 Å². The van der Waals surface area contributed by atoms with Crippen LogP contribution in [-0.4, -0.2) is 26.4 Å². The average Bonchev–Trinajstić information content (AvgIpc) is 3.05. The van der Waals surface area contributed by atoms with Crippen LogP contribution in [0.5, 0.6) is 5.75 Å². The van der Waals surface area contributed by atoms with Crippen LogP contribution in [0.1, 0.15) is 30.0 Å². The Morgan fingerprint density at radius 3 is 2.52 bits per heavy atom. The van der Waals surface area contributed by atoms with E-state index in [0.29, 0.717) is 22.8 Å². The van der Waals surface area contributed by atoms with Gasteiger partial charge in [-0.15, -0.1) is 0 Å². The molecule has 1 aliphatic rings. The van der Waals surface area contributed by atoms with Gasteiger partial charge >= 0.3 is 0 Å². The van der Waals surface area contributed by atoms with Crippen LogP contribution in [0.2, 0.25) is 0 Å². The Balaban J connectivity index is 1.99. The van der Waals surface area contributed by atoms with Crippen LogP contribution in [0.4, 0.5) is 0 Å². The summed E-state index contributed by atoms with van der Waals surface area (Å²) in [6.07, 6.45) is 1.74. The number of aryl methyl sites for hydroxylation is 1. The van der Waals surface area contributed by atoms with Crippen molar-refractivity contribution < 1.29 is 13.2 Å². The first-order chi connectivity index (χ1) is 11.0. The molecule has 0 saturated carbocycles. The maximum Gasteiger partial charge on any atom is 0.243 e. The summed E-state index contributed by atoms with van der Waals surface area (Å²) in [6, 6.07) is 14.9. The van der Waals surface area contributed by atoms with E-state index in [-0.39, 0.29) is 6.04 Å². The van der Waals surface area contributed by atoms with E-state index < -0.39 is 10.0 Å². The number of hydrogen-bond donors (Lipinski definition) is 0. The Morgan fingerprint density at radius 1 is 1.13 bits per heavy atom. The molecule has 0 spiro atoms. The molecule has 0 N–H and O–H groups in total. The number of methoxy groups -OCH3 is 1. The molecular formula is C18H21NO3S. The number of sulfonamides is 1. The van der Waals surface area contributed by atoms with Gasteiger partial charge in [0.2, 0.25) is 10.0 Å². The van der Waals surface area contributed by atoms with Crippen molar-refractivity contribution >= 4 is 10.0 Å². The van der Waals surface area contributed by atoms with Crippen molar-refractivity contribution in [2.45, 2.75) is 30.7 Å². The molecular weight excluding hydrogens is 310 g/mol. The molecule has 1 heterocycles. The quantitative estimate of drug-likeness (QED) is 0.861. The van der Waals surface area contributed by atoms with Crippen LogP contribution < -0.4 is 4.74 Å². The summed E-state index contributed by atoms with van der Waals surface area (Å²) in [5.74, 6) is 0.669. The van der Waals surface area contributed by atoms with E-state index in [9.17, 15) is 8.42 Å². The molecule has 0 bridgehead atoms. The second kappa shape index (κ2) is 6.34. The van der Waals surface area contributed by atoms with Gasteiger partial charge in [-0.05, 0) is 49.1 Å². The van der Waals surface area contributed by atoms with Gasteiger partial charge in [0.15, 0.2) is 0 Å². The Hall–Kier alpha value is -1.85. The standard InChI is InChI=1S/C18H21NO3S/c1-14-13-16(22-2)10-11-18(14)23(20,21)19-12-6-9-17(19)15-7-4-3-5-8-15/h3-5,7-8,10-11,13,17H,6,9,12H2,1-2H3. The third-order valence-corrected chi connectivity index (χ3v) is 6.43. The van der Waals surface area contributed by atoms with Crippen LogP contribution in [0.25, 0.3) is 0 Å². The van der Waals surface area contributed by atoms with Gasteiger partial charge in [-0.1, -0.05) is 30.3 Å². The van der Waals surface area contributed by atoms with Crippen LogP contribution in [0.3, 0.4) is 0 Å². The Kier molecular flexibility index (Phi) is 4.41. The van der Waals surface area contributed by atoms with E-state index >= 15 is 0 Å².